The molecule has 0 aromatic heterocycles. The molecular formula is C13H15ClFNO. The number of alkyl halides is 1. The van der Waals surface area contributed by atoms with Crippen molar-refractivity contribution in [2.45, 2.75) is 31.7 Å². The highest BCUT2D eigenvalue weighted by Crippen LogP contribution is 2.33. The molecular weight excluding hydrogens is 241 g/mol. The molecule has 17 heavy (non-hydrogen) atoms. The maximum absolute atomic E-state index is 13.2. The number of aryl methyl sites for hydroxylation is 1. The number of rotatable bonds is 3. The Morgan fingerprint density at radius 3 is 2.65 bits per heavy atom. The van der Waals surface area contributed by atoms with Gasteiger partial charge in [-0.05, 0) is 49.9 Å². The zero-order valence-corrected chi connectivity index (χ0v) is 10.5. The van der Waals surface area contributed by atoms with Gasteiger partial charge in [0.1, 0.15) is 5.82 Å². The summed E-state index contributed by atoms with van der Waals surface area (Å²) < 4.78 is 13.2. The number of carbonyl (C=O) groups excluding carboxylic acids is 1. The highest BCUT2D eigenvalue weighted by Gasteiger charge is 2.37. The molecule has 1 fully saturated rings. The van der Waals surface area contributed by atoms with Crippen molar-refractivity contribution in [1.29, 1.82) is 0 Å². The highest BCUT2D eigenvalue weighted by molar-refractivity contribution is 6.19. The van der Waals surface area contributed by atoms with Gasteiger partial charge >= 0.3 is 0 Å². The summed E-state index contributed by atoms with van der Waals surface area (Å²) in [5.41, 5.74) is 0.821. The van der Waals surface area contributed by atoms with Crippen molar-refractivity contribution in [2.75, 3.05) is 5.88 Å². The molecule has 0 radical (unpaired) electrons. The van der Waals surface area contributed by atoms with Crippen molar-refractivity contribution in [3.8, 4) is 0 Å². The lowest BCUT2D eigenvalue weighted by Gasteiger charge is -2.41. The summed E-state index contributed by atoms with van der Waals surface area (Å²) in [5.74, 6) is -0.218. The van der Waals surface area contributed by atoms with Crippen LogP contribution >= 0.6 is 11.6 Å². The summed E-state index contributed by atoms with van der Waals surface area (Å²) >= 11 is 5.87. The Bertz CT molecular complexity index is 417. The number of hydrogen-bond donors (Lipinski definition) is 1. The van der Waals surface area contributed by atoms with E-state index in [0.717, 1.165) is 24.8 Å². The van der Waals surface area contributed by atoms with Crippen molar-refractivity contribution in [2.24, 2.45) is 0 Å². The van der Waals surface area contributed by atoms with Crippen LogP contribution in [-0.2, 0) is 0 Å². The molecule has 0 saturated heterocycles. The van der Waals surface area contributed by atoms with E-state index in [1.807, 2.05) is 0 Å². The molecule has 1 N–H and O–H groups in total. The van der Waals surface area contributed by atoms with Crippen LogP contribution in [0.4, 0.5) is 4.39 Å². The fraction of sp³-hybridized carbons (Fsp3) is 0.462. The van der Waals surface area contributed by atoms with E-state index >= 15 is 0 Å². The van der Waals surface area contributed by atoms with Gasteiger partial charge < -0.3 is 5.32 Å². The van der Waals surface area contributed by atoms with Crippen LogP contribution in [0, 0.1) is 12.7 Å². The molecule has 0 aliphatic heterocycles. The predicted octanol–water partition coefficient (Wildman–Crippen LogP) is 3.03. The van der Waals surface area contributed by atoms with Crippen LogP contribution < -0.4 is 5.32 Å². The van der Waals surface area contributed by atoms with Gasteiger partial charge in [-0.3, -0.25) is 4.79 Å². The Hall–Kier alpha value is -1.09. The molecule has 1 aromatic rings. The Kier molecular flexibility index (Phi) is 3.38. The quantitative estimate of drug-likeness (QED) is 0.827. The van der Waals surface area contributed by atoms with E-state index in [0.29, 0.717) is 11.4 Å². The van der Waals surface area contributed by atoms with E-state index in [1.54, 1.807) is 13.0 Å². The van der Waals surface area contributed by atoms with Crippen molar-refractivity contribution >= 4 is 17.5 Å². The van der Waals surface area contributed by atoms with Gasteiger partial charge in [-0.25, -0.2) is 4.39 Å². The van der Waals surface area contributed by atoms with Crippen molar-refractivity contribution in [3.05, 3.63) is 35.1 Å². The Labute approximate surface area is 105 Å². The SMILES string of the molecule is Cc1cc(F)cc(C(=O)NC2(CCl)CCC2)c1. The zero-order chi connectivity index (χ0) is 12.5. The van der Waals surface area contributed by atoms with Crippen molar-refractivity contribution in [3.63, 3.8) is 0 Å². The van der Waals surface area contributed by atoms with E-state index in [-0.39, 0.29) is 17.3 Å². The average molecular weight is 256 g/mol. The van der Waals surface area contributed by atoms with Crippen LogP contribution in [0.5, 0.6) is 0 Å². The largest absolute Gasteiger partial charge is 0.345 e. The maximum Gasteiger partial charge on any atom is 0.251 e. The van der Waals surface area contributed by atoms with Crippen LogP contribution in [0.25, 0.3) is 0 Å². The van der Waals surface area contributed by atoms with E-state index < -0.39 is 0 Å². The average Bonchev–Trinajstić information content (AvgIpc) is 2.21. The van der Waals surface area contributed by atoms with Gasteiger partial charge in [-0.1, -0.05) is 0 Å². The monoisotopic (exact) mass is 255 g/mol. The summed E-state index contributed by atoms with van der Waals surface area (Å²) in [6.45, 7) is 1.76. The second-order valence-electron chi connectivity index (χ2n) is 4.74. The lowest BCUT2D eigenvalue weighted by atomic mass is 9.78. The molecule has 0 atom stereocenters. The smallest absolute Gasteiger partial charge is 0.251 e. The summed E-state index contributed by atoms with van der Waals surface area (Å²) in [6, 6.07) is 4.33. The molecule has 1 aromatic carbocycles. The van der Waals surface area contributed by atoms with Crippen LogP contribution in [0.1, 0.15) is 35.2 Å². The predicted molar refractivity (Wildman–Crippen MR) is 65.9 cm³/mol. The summed E-state index contributed by atoms with van der Waals surface area (Å²) in [7, 11) is 0. The third kappa shape index (κ3) is 2.60. The Morgan fingerprint density at radius 1 is 1.47 bits per heavy atom. The third-order valence-electron chi connectivity index (χ3n) is 3.25. The minimum absolute atomic E-state index is 0.243. The first-order valence-corrected chi connectivity index (χ1v) is 6.24. The molecule has 92 valence electrons. The normalized spacial score (nSPS) is 17.4. The van der Waals surface area contributed by atoms with Crippen LogP contribution in [0.2, 0.25) is 0 Å². The molecule has 1 saturated carbocycles. The maximum atomic E-state index is 13.2. The lowest BCUT2D eigenvalue weighted by Crippen LogP contribution is -2.55. The lowest BCUT2D eigenvalue weighted by molar-refractivity contribution is 0.0853. The molecule has 4 heteroatoms. The third-order valence-corrected chi connectivity index (χ3v) is 3.76. The second kappa shape index (κ2) is 4.65. The molecule has 1 amide bonds. The number of hydrogen-bond acceptors (Lipinski definition) is 1. The molecule has 0 heterocycles. The molecule has 2 rings (SSSR count). The molecule has 2 nitrogen and oxygen atoms in total. The number of carbonyl (C=O) groups is 1. The summed E-state index contributed by atoms with van der Waals surface area (Å²) in [6.07, 6.45) is 2.88. The number of benzene rings is 1. The first-order valence-electron chi connectivity index (χ1n) is 5.70. The fourth-order valence-electron chi connectivity index (χ4n) is 2.08. The molecule has 0 spiro atoms. The molecule has 1 aliphatic carbocycles. The zero-order valence-electron chi connectivity index (χ0n) is 9.72. The van der Waals surface area contributed by atoms with Crippen molar-refractivity contribution < 1.29 is 9.18 Å². The molecule has 0 unspecified atom stereocenters. The van der Waals surface area contributed by atoms with Gasteiger partial charge in [0.25, 0.3) is 5.91 Å². The van der Waals surface area contributed by atoms with E-state index in [1.165, 1.54) is 12.1 Å². The number of amides is 1. The Morgan fingerprint density at radius 2 is 2.18 bits per heavy atom. The Balaban J connectivity index is 2.14. The first kappa shape index (κ1) is 12.4. The fourth-order valence-corrected chi connectivity index (χ4v) is 2.41. The van der Waals surface area contributed by atoms with Gasteiger partial charge in [-0.2, -0.15) is 0 Å². The molecule has 1 aliphatic rings. The van der Waals surface area contributed by atoms with Gasteiger partial charge in [0, 0.05) is 11.4 Å². The van der Waals surface area contributed by atoms with Crippen molar-refractivity contribution in [1.82, 2.24) is 5.32 Å². The minimum Gasteiger partial charge on any atom is -0.345 e. The minimum atomic E-state index is -0.385. The van der Waals surface area contributed by atoms with Gasteiger partial charge in [-0.15, -0.1) is 11.6 Å². The first-order chi connectivity index (χ1) is 8.04. The van der Waals surface area contributed by atoms with E-state index in [9.17, 15) is 9.18 Å². The van der Waals surface area contributed by atoms with Gasteiger partial charge in [0.2, 0.25) is 0 Å². The standard InChI is InChI=1S/C13H15ClFNO/c1-9-5-10(7-11(15)6-9)12(17)16-13(8-14)3-2-4-13/h5-7H,2-4,8H2,1H3,(H,16,17). The highest BCUT2D eigenvalue weighted by atomic mass is 35.5. The number of halogens is 2. The summed E-state index contributed by atoms with van der Waals surface area (Å²) in [5, 5.41) is 2.91. The van der Waals surface area contributed by atoms with Crippen LogP contribution in [0.3, 0.4) is 0 Å². The second-order valence-corrected chi connectivity index (χ2v) is 5.01. The summed E-state index contributed by atoms with van der Waals surface area (Å²) in [4.78, 5) is 12.0. The van der Waals surface area contributed by atoms with Crippen LogP contribution in [0.15, 0.2) is 18.2 Å². The van der Waals surface area contributed by atoms with E-state index in [2.05, 4.69) is 5.32 Å². The number of nitrogens with one attached hydrogen (secondary N) is 1. The van der Waals surface area contributed by atoms with Gasteiger partial charge in [0.05, 0.1) is 5.54 Å². The van der Waals surface area contributed by atoms with Gasteiger partial charge in [0.15, 0.2) is 0 Å². The molecule has 0 bridgehead atoms. The van der Waals surface area contributed by atoms with Crippen LogP contribution in [-0.4, -0.2) is 17.3 Å². The topological polar surface area (TPSA) is 29.1 Å². The van der Waals surface area contributed by atoms with E-state index in [4.69, 9.17) is 11.6 Å².